The molecular weight excluding hydrogens is 301 g/mol. The number of nitrogens with zero attached hydrogens (tertiary/aromatic N) is 1. The Morgan fingerprint density at radius 3 is 2.48 bits per heavy atom. The molecule has 1 aromatic heterocycles. The van der Waals surface area contributed by atoms with Crippen molar-refractivity contribution in [2.45, 2.75) is 13.3 Å². The third kappa shape index (κ3) is 2.29. The Labute approximate surface area is 130 Å². The monoisotopic (exact) mass is 315 g/mol. The summed E-state index contributed by atoms with van der Waals surface area (Å²) >= 11 is 6.27. The average molecular weight is 316 g/mol. The van der Waals surface area contributed by atoms with E-state index in [4.69, 9.17) is 11.6 Å². The quantitative estimate of drug-likeness (QED) is 0.661. The number of halogens is 1. The molecule has 21 heavy (non-hydrogen) atoms. The van der Waals surface area contributed by atoms with E-state index in [2.05, 4.69) is 16.2 Å². The van der Waals surface area contributed by atoms with Crippen LogP contribution in [0, 0.1) is 0 Å². The summed E-state index contributed by atoms with van der Waals surface area (Å²) in [5.41, 5.74) is 1.79. The number of para-hydroxylation sites is 1. The smallest absolute Gasteiger partial charge is 0.264 e. The number of hydrogen-bond donors (Lipinski definition) is 0. The highest BCUT2D eigenvalue weighted by molar-refractivity contribution is 7.28. The fourth-order valence-corrected chi connectivity index (χ4v) is 3.50. The second-order valence-electron chi connectivity index (χ2n) is 4.85. The first kappa shape index (κ1) is 14.3. The van der Waals surface area contributed by atoms with Crippen molar-refractivity contribution in [1.82, 2.24) is 4.57 Å². The molecule has 1 unspecified atom stereocenters. The minimum atomic E-state index is -0.0650. The van der Waals surface area contributed by atoms with Crippen LogP contribution < -0.4 is 10.9 Å². The number of pyridine rings is 1. The van der Waals surface area contributed by atoms with Gasteiger partial charge in [-0.2, -0.15) is 0 Å². The average Bonchev–Trinajstić information content (AvgIpc) is 2.51. The van der Waals surface area contributed by atoms with Gasteiger partial charge < -0.3 is 0 Å². The fourth-order valence-electron chi connectivity index (χ4n) is 2.67. The molecule has 0 radical (unpaired) electrons. The summed E-state index contributed by atoms with van der Waals surface area (Å²) in [6.07, 6.45) is 0.769. The van der Waals surface area contributed by atoms with Crippen LogP contribution in [0.15, 0.2) is 53.3 Å². The molecule has 0 aliphatic rings. The third-order valence-corrected chi connectivity index (χ3v) is 4.61. The number of fused-ring (bicyclic) bond motifs is 1. The van der Waals surface area contributed by atoms with E-state index >= 15 is 0 Å². The van der Waals surface area contributed by atoms with Crippen molar-refractivity contribution in [2.24, 2.45) is 0 Å². The molecule has 1 atom stereocenters. The Kier molecular flexibility index (Phi) is 3.84. The molecule has 0 fully saturated rings. The number of rotatable bonds is 2. The van der Waals surface area contributed by atoms with Gasteiger partial charge in [0.15, 0.2) is 0 Å². The van der Waals surface area contributed by atoms with Gasteiger partial charge in [0.1, 0.15) is 0 Å². The molecule has 4 heteroatoms. The second-order valence-corrected chi connectivity index (χ2v) is 5.84. The zero-order valence-corrected chi connectivity index (χ0v) is 13.5. The van der Waals surface area contributed by atoms with Crippen molar-refractivity contribution in [3.05, 3.63) is 69.6 Å². The van der Waals surface area contributed by atoms with Crippen molar-refractivity contribution < 1.29 is 0 Å². The largest absolute Gasteiger partial charge is 0.280 e. The van der Waals surface area contributed by atoms with E-state index < -0.39 is 0 Å². The van der Waals surface area contributed by atoms with Crippen molar-refractivity contribution in [3.63, 3.8) is 0 Å². The summed E-state index contributed by atoms with van der Waals surface area (Å²) in [6.45, 7) is 2.05. The highest BCUT2D eigenvalue weighted by Gasteiger charge is 2.15. The topological polar surface area (TPSA) is 22.0 Å². The zero-order chi connectivity index (χ0) is 15.0. The van der Waals surface area contributed by atoms with Crippen LogP contribution in [0.4, 0.5) is 0 Å². The number of aromatic nitrogens is 1. The Bertz CT molecular complexity index is 871. The van der Waals surface area contributed by atoms with E-state index in [-0.39, 0.29) is 5.56 Å². The summed E-state index contributed by atoms with van der Waals surface area (Å²) in [6, 6.07) is 15.3. The molecular formula is C17H15ClNOP. The maximum Gasteiger partial charge on any atom is 0.264 e. The molecule has 3 rings (SSSR count). The van der Waals surface area contributed by atoms with E-state index in [0.29, 0.717) is 10.4 Å². The molecule has 1 heterocycles. The van der Waals surface area contributed by atoms with Gasteiger partial charge in [-0.25, -0.2) is 0 Å². The number of hydrogen-bond acceptors (Lipinski definition) is 1. The van der Waals surface area contributed by atoms with E-state index in [1.807, 2.05) is 42.5 Å². The molecule has 2 aromatic carbocycles. The predicted molar refractivity (Wildman–Crippen MR) is 93.3 cm³/mol. The van der Waals surface area contributed by atoms with Gasteiger partial charge in [-0.3, -0.25) is 9.36 Å². The molecule has 0 saturated heterocycles. The Balaban J connectivity index is 2.53. The normalized spacial score (nSPS) is 11.0. The van der Waals surface area contributed by atoms with Gasteiger partial charge in [0.25, 0.3) is 5.56 Å². The summed E-state index contributed by atoms with van der Waals surface area (Å²) in [5, 5.41) is 3.00. The highest BCUT2D eigenvalue weighted by atomic mass is 35.5. The van der Waals surface area contributed by atoms with Crippen LogP contribution in [0.3, 0.4) is 0 Å². The van der Waals surface area contributed by atoms with Gasteiger partial charge in [0.2, 0.25) is 0 Å². The third-order valence-electron chi connectivity index (χ3n) is 3.65. The lowest BCUT2D eigenvalue weighted by Gasteiger charge is -2.17. The molecule has 2 nitrogen and oxygen atoms in total. The van der Waals surface area contributed by atoms with Crippen LogP contribution in [0.5, 0.6) is 0 Å². The lowest BCUT2D eigenvalue weighted by molar-refractivity contribution is 0.899. The summed E-state index contributed by atoms with van der Waals surface area (Å²) in [7, 11) is 2.76. The lowest BCUT2D eigenvalue weighted by atomic mass is 10.1. The van der Waals surface area contributed by atoms with Gasteiger partial charge >= 0.3 is 0 Å². The maximum atomic E-state index is 13.0. The van der Waals surface area contributed by atoms with E-state index in [0.717, 1.165) is 28.5 Å². The van der Waals surface area contributed by atoms with Crippen LogP contribution in [-0.2, 0) is 6.42 Å². The van der Waals surface area contributed by atoms with Crippen LogP contribution in [0.2, 0.25) is 5.02 Å². The van der Waals surface area contributed by atoms with Gasteiger partial charge in [0, 0.05) is 11.4 Å². The molecule has 0 bridgehead atoms. The first-order valence-electron chi connectivity index (χ1n) is 6.82. The zero-order valence-electron chi connectivity index (χ0n) is 11.6. The Hall–Kier alpha value is -1.63. The molecule has 0 amide bonds. The van der Waals surface area contributed by atoms with Crippen molar-refractivity contribution in [1.29, 1.82) is 0 Å². The second kappa shape index (κ2) is 5.63. The first-order valence-corrected chi connectivity index (χ1v) is 7.77. The van der Waals surface area contributed by atoms with Crippen molar-refractivity contribution in [2.75, 3.05) is 0 Å². The number of benzene rings is 2. The molecule has 106 valence electrons. The first-order chi connectivity index (χ1) is 10.1. The molecule has 0 N–H and O–H groups in total. The lowest BCUT2D eigenvalue weighted by Crippen LogP contribution is -2.27. The molecule has 0 saturated carbocycles. The minimum absolute atomic E-state index is 0.0650. The van der Waals surface area contributed by atoms with Gasteiger partial charge in [-0.1, -0.05) is 48.9 Å². The van der Waals surface area contributed by atoms with Crippen LogP contribution in [0.25, 0.3) is 16.5 Å². The van der Waals surface area contributed by atoms with Gasteiger partial charge in [-0.05, 0) is 35.3 Å². The summed E-state index contributed by atoms with van der Waals surface area (Å²) in [5.74, 6) is 0. The summed E-state index contributed by atoms with van der Waals surface area (Å²) < 4.78 is 1.76. The van der Waals surface area contributed by atoms with Gasteiger partial charge in [-0.15, -0.1) is 9.24 Å². The minimum Gasteiger partial charge on any atom is -0.280 e. The fraction of sp³-hybridized carbons (Fsp3) is 0.118. The van der Waals surface area contributed by atoms with Crippen LogP contribution in [-0.4, -0.2) is 4.57 Å². The van der Waals surface area contributed by atoms with E-state index in [1.54, 1.807) is 10.6 Å². The summed E-state index contributed by atoms with van der Waals surface area (Å²) in [4.78, 5) is 13.0. The SMILES string of the molecule is CCc1c(P)c2cccc(Cl)c2c(=O)n1-c1ccccc1. The highest BCUT2D eigenvalue weighted by Crippen LogP contribution is 2.23. The predicted octanol–water partition coefficient (Wildman–Crippen LogP) is 3.71. The maximum absolute atomic E-state index is 13.0. The molecule has 0 spiro atoms. The molecule has 0 aliphatic heterocycles. The standard InChI is InChI=1S/C17H15ClNOP/c1-2-14-16(21)12-9-6-10-13(18)15(12)17(20)19(14)11-7-4-3-5-8-11/h3-10H,2,21H2,1H3. The van der Waals surface area contributed by atoms with Crippen LogP contribution >= 0.6 is 20.8 Å². The van der Waals surface area contributed by atoms with Crippen LogP contribution in [0.1, 0.15) is 12.6 Å². The van der Waals surface area contributed by atoms with E-state index in [1.165, 1.54) is 0 Å². The van der Waals surface area contributed by atoms with E-state index in [9.17, 15) is 4.79 Å². The Morgan fingerprint density at radius 1 is 1.10 bits per heavy atom. The Morgan fingerprint density at radius 2 is 1.81 bits per heavy atom. The van der Waals surface area contributed by atoms with Gasteiger partial charge in [0.05, 0.1) is 10.4 Å². The van der Waals surface area contributed by atoms with Crippen molar-refractivity contribution in [3.8, 4) is 5.69 Å². The molecule has 3 aromatic rings. The van der Waals surface area contributed by atoms with Crippen molar-refractivity contribution >= 4 is 36.9 Å². The molecule has 0 aliphatic carbocycles.